The Kier molecular flexibility index (Phi) is 8.77. The van der Waals surface area contributed by atoms with Crippen LogP contribution < -0.4 is 0 Å². The van der Waals surface area contributed by atoms with Crippen molar-refractivity contribution < 1.29 is 25.2 Å². The molecule has 0 heterocycles. The number of hydrogen-bond donors (Lipinski definition) is 4. The maximum absolute atomic E-state index is 10.9. The van der Waals surface area contributed by atoms with E-state index in [9.17, 15) is 20.1 Å². The molecule has 8 atom stereocenters. The molecule has 5 nitrogen and oxygen atoms in total. The highest BCUT2D eigenvalue weighted by atomic mass is 16.4. The topological polar surface area (TPSA) is 98.0 Å². The molecule has 2 aliphatic rings. The van der Waals surface area contributed by atoms with Gasteiger partial charge in [-0.05, 0) is 43.4 Å². The lowest BCUT2D eigenvalue weighted by molar-refractivity contribution is -0.138. The highest BCUT2D eigenvalue weighted by Gasteiger charge is 2.43. The Labute approximate surface area is 163 Å². The van der Waals surface area contributed by atoms with Crippen molar-refractivity contribution in [1.29, 1.82) is 0 Å². The van der Waals surface area contributed by atoms with Crippen LogP contribution in [0.4, 0.5) is 0 Å². The van der Waals surface area contributed by atoms with Crippen molar-refractivity contribution in [1.82, 2.24) is 0 Å². The quantitative estimate of drug-likeness (QED) is 0.306. The number of rotatable bonds is 12. The maximum Gasteiger partial charge on any atom is 0.306 e. The number of carbonyl (C=O) groups is 1. The van der Waals surface area contributed by atoms with Crippen LogP contribution in [0, 0.1) is 29.6 Å². The average Bonchev–Trinajstić information content (AvgIpc) is 3.35. The Balaban J connectivity index is 1.77. The Morgan fingerprint density at radius 1 is 1.11 bits per heavy atom. The Hall–Kier alpha value is -0.910. The van der Waals surface area contributed by atoms with Gasteiger partial charge in [0.05, 0.1) is 24.2 Å². The summed E-state index contributed by atoms with van der Waals surface area (Å²) in [6.45, 7) is 4.19. The second-order valence-electron chi connectivity index (χ2n) is 8.83. The molecular formula is C22H38O5. The van der Waals surface area contributed by atoms with E-state index >= 15 is 0 Å². The first-order valence-corrected chi connectivity index (χ1v) is 10.8. The fraction of sp³-hybridized carbons (Fsp3) is 0.864. The second kappa shape index (κ2) is 10.6. The van der Waals surface area contributed by atoms with Crippen molar-refractivity contribution in [2.75, 3.05) is 0 Å². The maximum atomic E-state index is 10.9. The third-order valence-corrected chi connectivity index (χ3v) is 6.64. The fourth-order valence-electron chi connectivity index (χ4n) is 4.56. The number of unbranched alkanes of at least 4 members (excludes halogenated alkanes) is 2. The third kappa shape index (κ3) is 6.58. The summed E-state index contributed by atoms with van der Waals surface area (Å²) in [6.07, 6.45) is 10.2. The van der Waals surface area contributed by atoms with E-state index in [0.717, 1.165) is 51.4 Å². The van der Waals surface area contributed by atoms with E-state index in [4.69, 9.17) is 5.11 Å². The molecule has 0 spiro atoms. The number of carboxylic acids is 1. The van der Waals surface area contributed by atoms with Crippen molar-refractivity contribution in [3.63, 3.8) is 0 Å². The monoisotopic (exact) mass is 382 g/mol. The highest BCUT2D eigenvalue weighted by molar-refractivity contribution is 5.73. The zero-order valence-corrected chi connectivity index (χ0v) is 16.8. The van der Waals surface area contributed by atoms with E-state index in [1.54, 1.807) is 6.08 Å². The van der Waals surface area contributed by atoms with Gasteiger partial charge in [0.25, 0.3) is 0 Å². The van der Waals surface area contributed by atoms with Gasteiger partial charge in [0.15, 0.2) is 0 Å². The number of aliphatic hydroxyl groups excluding tert-OH is 3. The largest absolute Gasteiger partial charge is 0.481 e. The van der Waals surface area contributed by atoms with E-state index in [1.165, 1.54) is 0 Å². The lowest BCUT2D eigenvalue weighted by atomic mass is 9.87. The van der Waals surface area contributed by atoms with E-state index in [2.05, 4.69) is 6.92 Å². The Morgan fingerprint density at radius 3 is 2.44 bits per heavy atom. The molecule has 4 N–H and O–H groups in total. The summed E-state index contributed by atoms with van der Waals surface area (Å²) < 4.78 is 0. The van der Waals surface area contributed by atoms with Gasteiger partial charge in [0, 0.05) is 12.3 Å². The standard InChI is InChI=1S/C22H38O5/c1-3-4-7-14(2)19(23)11-10-17-16(20(24)13-21(17)25)9-6-5-8-15-12-18(15)22(26)27/h10-11,14-21,23-25H,3-9,12-13H2,1-2H3,(H,26,27)/t14-,15-,16-,17-,18-,19-,20+,21-/m1/s1. The van der Waals surface area contributed by atoms with Gasteiger partial charge in [-0.2, -0.15) is 0 Å². The number of hydrogen-bond acceptors (Lipinski definition) is 4. The molecule has 2 saturated carbocycles. The summed E-state index contributed by atoms with van der Waals surface area (Å²) in [7, 11) is 0. The third-order valence-electron chi connectivity index (χ3n) is 6.64. The molecule has 0 aromatic heterocycles. The second-order valence-corrected chi connectivity index (χ2v) is 8.83. The van der Waals surface area contributed by atoms with Crippen LogP contribution in [0.3, 0.4) is 0 Å². The van der Waals surface area contributed by atoms with E-state index in [-0.39, 0.29) is 23.7 Å². The molecule has 0 aliphatic heterocycles. The van der Waals surface area contributed by atoms with Gasteiger partial charge < -0.3 is 20.4 Å². The van der Waals surface area contributed by atoms with Gasteiger partial charge >= 0.3 is 5.97 Å². The predicted molar refractivity (Wildman–Crippen MR) is 105 cm³/mol. The molecular weight excluding hydrogens is 344 g/mol. The summed E-state index contributed by atoms with van der Waals surface area (Å²) in [5.41, 5.74) is 0. The van der Waals surface area contributed by atoms with E-state index < -0.39 is 24.3 Å². The van der Waals surface area contributed by atoms with E-state index in [1.807, 2.05) is 13.0 Å². The Morgan fingerprint density at radius 2 is 1.81 bits per heavy atom. The minimum atomic E-state index is -0.675. The van der Waals surface area contributed by atoms with Crippen molar-refractivity contribution in [3.8, 4) is 0 Å². The first kappa shape index (κ1) is 22.4. The number of aliphatic hydroxyl groups is 3. The molecule has 0 amide bonds. The van der Waals surface area contributed by atoms with Crippen LogP contribution in [0.5, 0.6) is 0 Å². The molecule has 0 radical (unpaired) electrons. The highest BCUT2D eigenvalue weighted by Crippen LogP contribution is 2.43. The van der Waals surface area contributed by atoms with Crippen molar-refractivity contribution >= 4 is 5.97 Å². The van der Waals surface area contributed by atoms with Crippen LogP contribution in [-0.4, -0.2) is 44.7 Å². The molecule has 5 heteroatoms. The molecule has 2 aliphatic carbocycles. The smallest absolute Gasteiger partial charge is 0.306 e. The van der Waals surface area contributed by atoms with Crippen LogP contribution in [0.1, 0.15) is 71.6 Å². The first-order valence-electron chi connectivity index (χ1n) is 10.8. The van der Waals surface area contributed by atoms with Crippen LogP contribution in [0.15, 0.2) is 12.2 Å². The van der Waals surface area contributed by atoms with E-state index in [0.29, 0.717) is 12.3 Å². The van der Waals surface area contributed by atoms with Gasteiger partial charge in [0.1, 0.15) is 0 Å². The SMILES string of the molecule is CCCC[C@@H](C)[C@H](O)C=C[C@@H]1[C@@H](CCCC[C@@H]2C[C@H]2C(=O)O)[C@@H](O)C[C@H]1O. The lowest BCUT2D eigenvalue weighted by Gasteiger charge is -2.22. The molecule has 27 heavy (non-hydrogen) atoms. The number of carboxylic acid groups (broad SMARTS) is 1. The summed E-state index contributed by atoms with van der Waals surface area (Å²) in [6, 6.07) is 0. The predicted octanol–water partition coefficient (Wildman–Crippen LogP) is 3.37. The van der Waals surface area contributed by atoms with Gasteiger partial charge in [-0.15, -0.1) is 0 Å². The molecule has 2 rings (SSSR count). The lowest BCUT2D eigenvalue weighted by Crippen LogP contribution is -2.22. The van der Waals surface area contributed by atoms with Crippen LogP contribution in [-0.2, 0) is 4.79 Å². The normalized spacial score (nSPS) is 35.4. The summed E-state index contributed by atoms with van der Waals surface area (Å²) in [5, 5.41) is 39.9. The number of aliphatic carboxylic acids is 1. The van der Waals surface area contributed by atoms with Crippen molar-refractivity contribution in [2.45, 2.75) is 89.9 Å². The molecule has 0 aromatic rings. The van der Waals surface area contributed by atoms with Crippen LogP contribution >= 0.6 is 0 Å². The Bertz CT molecular complexity index is 491. The van der Waals surface area contributed by atoms with Crippen LogP contribution in [0.2, 0.25) is 0 Å². The minimum absolute atomic E-state index is 0.0175. The summed E-state index contributed by atoms with van der Waals surface area (Å²) in [4.78, 5) is 10.9. The molecule has 0 saturated heterocycles. The van der Waals surface area contributed by atoms with Gasteiger partial charge in [-0.25, -0.2) is 0 Å². The van der Waals surface area contributed by atoms with Crippen molar-refractivity contribution in [3.05, 3.63) is 12.2 Å². The fourth-order valence-corrected chi connectivity index (χ4v) is 4.56. The first-order chi connectivity index (χ1) is 12.8. The zero-order valence-electron chi connectivity index (χ0n) is 16.8. The van der Waals surface area contributed by atoms with Crippen LogP contribution in [0.25, 0.3) is 0 Å². The zero-order chi connectivity index (χ0) is 20.0. The molecule has 156 valence electrons. The molecule has 2 fully saturated rings. The van der Waals surface area contributed by atoms with Gasteiger partial charge in [0.2, 0.25) is 0 Å². The summed E-state index contributed by atoms with van der Waals surface area (Å²) >= 11 is 0. The summed E-state index contributed by atoms with van der Waals surface area (Å²) in [5.74, 6) is -0.382. The van der Waals surface area contributed by atoms with Gasteiger partial charge in [-0.3, -0.25) is 4.79 Å². The molecule has 0 aromatic carbocycles. The average molecular weight is 383 g/mol. The van der Waals surface area contributed by atoms with Crippen molar-refractivity contribution in [2.24, 2.45) is 29.6 Å². The minimum Gasteiger partial charge on any atom is -0.481 e. The van der Waals surface area contributed by atoms with Gasteiger partial charge in [-0.1, -0.05) is 51.7 Å². The molecule has 0 bridgehead atoms. The molecule has 0 unspecified atom stereocenters.